The predicted molar refractivity (Wildman–Crippen MR) is 98.6 cm³/mol. The van der Waals surface area contributed by atoms with Gasteiger partial charge in [0.05, 0.1) is 0 Å². The molecule has 1 fully saturated rings. The van der Waals surface area contributed by atoms with Crippen LogP contribution in [0.2, 0.25) is 0 Å². The Balaban J connectivity index is 1.85. The van der Waals surface area contributed by atoms with Gasteiger partial charge < -0.3 is 10.6 Å². The summed E-state index contributed by atoms with van der Waals surface area (Å²) in [6.07, 6.45) is 0.575. The molecule has 1 heterocycles. The number of thioether (sulfide) groups is 1. The summed E-state index contributed by atoms with van der Waals surface area (Å²) in [5.74, 6) is 2.32. The second-order valence-corrected chi connectivity index (χ2v) is 7.09. The summed E-state index contributed by atoms with van der Waals surface area (Å²) < 4.78 is 0. The molecule has 1 aliphatic heterocycles. The lowest BCUT2D eigenvalue weighted by Gasteiger charge is -2.23. The molecule has 23 heavy (non-hydrogen) atoms. The summed E-state index contributed by atoms with van der Waals surface area (Å²) in [7, 11) is 0. The zero-order valence-corrected chi connectivity index (χ0v) is 15.1. The molecule has 128 valence electrons. The number of amides is 1. The van der Waals surface area contributed by atoms with E-state index < -0.39 is 0 Å². The second-order valence-electron chi connectivity index (χ2n) is 5.94. The molecule has 0 bridgehead atoms. The zero-order valence-electron chi connectivity index (χ0n) is 14.3. The topological polar surface area (TPSA) is 44.4 Å². The molecule has 0 saturated carbocycles. The summed E-state index contributed by atoms with van der Waals surface area (Å²) in [6, 6.07) is 8.73. The molecule has 2 rings (SSSR count). The molecule has 0 aliphatic carbocycles. The van der Waals surface area contributed by atoms with Gasteiger partial charge in [0.15, 0.2) is 0 Å². The molecule has 4 nitrogen and oxygen atoms in total. The summed E-state index contributed by atoms with van der Waals surface area (Å²) >= 11 is 1.93. The molecule has 5 heteroatoms. The third-order valence-corrected chi connectivity index (χ3v) is 5.44. The predicted octanol–water partition coefficient (Wildman–Crippen LogP) is 2.24. The first-order valence-corrected chi connectivity index (χ1v) is 9.75. The van der Waals surface area contributed by atoms with Gasteiger partial charge >= 0.3 is 0 Å². The maximum absolute atomic E-state index is 12.2. The normalized spacial score (nSPS) is 18.1. The van der Waals surface area contributed by atoms with Crippen LogP contribution in [-0.4, -0.2) is 48.0 Å². The molecule has 1 aromatic carbocycles. The number of nitrogens with one attached hydrogen (secondary N) is 2. The summed E-state index contributed by atoms with van der Waals surface area (Å²) in [4.78, 5) is 14.6. The highest BCUT2D eigenvalue weighted by molar-refractivity contribution is 7.99. The van der Waals surface area contributed by atoms with E-state index in [1.807, 2.05) is 17.8 Å². The fourth-order valence-corrected chi connectivity index (χ4v) is 3.76. The minimum absolute atomic E-state index is 0.141. The first kappa shape index (κ1) is 18.3. The Bertz CT molecular complexity index is 485. The van der Waals surface area contributed by atoms with Crippen LogP contribution in [-0.2, 0) is 17.9 Å². The fourth-order valence-electron chi connectivity index (χ4n) is 2.81. The van der Waals surface area contributed by atoms with Crippen molar-refractivity contribution >= 4 is 17.7 Å². The highest BCUT2D eigenvalue weighted by Crippen LogP contribution is 2.13. The van der Waals surface area contributed by atoms with E-state index >= 15 is 0 Å². The number of benzene rings is 1. The molecule has 0 radical (unpaired) electrons. The molecular weight excluding hydrogens is 306 g/mol. The molecular formula is C18H29N3OS. The summed E-state index contributed by atoms with van der Waals surface area (Å²) in [5, 5.41) is 6.50. The van der Waals surface area contributed by atoms with Gasteiger partial charge in [-0.3, -0.25) is 9.69 Å². The van der Waals surface area contributed by atoms with Crippen LogP contribution in [0.3, 0.4) is 0 Å². The first-order chi connectivity index (χ1) is 11.2. The highest BCUT2D eigenvalue weighted by atomic mass is 32.2. The van der Waals surface area contributed by atoms with E-state index in [2.05, 4.69) is 47.6 Å². The first-order valence-electron chi connectivity index (χ1n) is 8.59. The monoisotopic (exact) mass is 335 g/mol. The zero-order chi connectivity index (χ0) is 16.5. The van der Waals surface area contributed by atoms with Crippen LogP contribution in [0.4, 0.5) is 0 Å². The van der Waals surface area contributed by atoms with Crippen molar-refractivity contribution in [1.29, 1.82) is 0 Å². The number of hydrogen-bond donors (Lipinski definition) is 2. The van der Waals surface area contributed by atoms with Crippen molar-refractivity contribution < 1.29 is 4.79 Å². The van der Waals surface area contributed by atoms with Crippen LogP contribution in [0, 0.1) is 0 Å². The fraction of sp³-hybridized carbons (Fsp3) is 0.611. The Morgan fingerprint density at radius 2 is 2.04 bits per heavy atom. The largest absolute Gasteiger partial charge is 0.352 e. The summed E-state index contributed by atoms with van der Waals surface area (Å²) in [6.45, 7) is 9.03. The molecule has 1 atom stereocenters. The molecule has 1 aromatic rings. The van der Waals surface area contributed by atoms with Crippen molar-refractivity contribution in [2.45, 2.75) is 39.4 Å². The Labute approximate surface area is 144 Å². The lowest BCUT2D eigenvalue weighted by molar-refractivity contribution is -0.121. The van der Waals surface area contributed by atoms with Gasteiger partial charge in [0.25, 0.3) is 0 Å². The van der Waals surface area contributed by atoms with Crippen molar-refractivity contribution in [2.75, 3.05) is 31.1 Å². The Morgan fingerprint density at radius 3 is 2.70 bits per heavy atom. The van der Waals surface area contributed by atoms with Gasteiger partial charge in [0.2, 0.25) is 5.91 Å². The molecule has 0 spiro atoms. The molecule has 2 N–H and O–H groups in total. The van der Waals surface area contributed by atoms with E-state index in [4.69, 9.17) is 0 Å². The number of hydrogen-bond acceptors (Lipinski definition) is 4. The van der Waals surface area contributed by atoms with Gasteiger partial charge in [0, 0.05) is 43.6 Å². The lowest BCUT2D eigenvalue weighted by atomic mass is 10.1. The van der Waals surface area contributed by atoms with Gasteiger partial charge in [-0.15, -0.1) is 0 Å². The Hall–Kier alpha value is -1.04. The van der Waals surface area contributed by atoms with Crippen LogP contribution in [0.15, 0.2) is 24.3 Å². The van der Waals surface area contributed by atoms with E-state index in [-0.39, 0.29) is 5.91 Å². The van der Waals surface area contributed by atoms with E-state index in [9.17, 15) is 4.79 Å². The smallest absolute Gasteiger partial charge is 0.221 e. The van der Waals surface area contributed by atoms with Crippen LogP contribution < -0.4 is 10.6 Å². The lowest BCUT2D eigenvalue weighted by Crippen LogP contribution is -2.41. The third kappa shape index (κ3) is 6.16. The van der Waals surface area contributed by atoms with Gasteiger partial charge in [-0.05, 0) is 24.2 Å². The van der Waals surface area contributed by atoms with Crippen LogP contribution in [0.5, 0.6) is 0 Å². The third-order valence-electron chi connectivity index (χ3n) is 4.31. The number of carbonyl (C=O) groups excluding carboxylic acids is 1. The highest BCUT2D eigenvalue weighted by Gasteiger charge is 2.16. The number of nitrogens with zero attached hydrogens (tertiary/aromatic N) is 1. The average molecular weight is 336 g/mol. The SMILES string of the molecule is CCN(CC)Cc1ccccc1CNC(=O)CC1CSCCN1. The molecule has 1 unspecified atom stereocenters. The maximum atomic E-state index is 12.2. The van der Waals surface area contributed by atoms with Crippen molar-refractivity contribution in [2.24, 2.45) is 0 Å². The summed E-state index contributed by atoms with van der Waals surface area (Å²) in [5.41, 5.74) is 2.53. The van der Waals surface area contributed by atoms with E-state index in [0.717, 1.165) is 37.7 Å². The number of rotatable bonds is 8. The number of carbonyl (C=O) groups is 1. The van der Waals surface area contributed by atoms with Crippen LogP contribution >= 0.6 is 11.8 Å². The average Bonchev–Trinajstić information content (AvgIpc) is 2.59. The van der Waals surface area contributed by atoms with Crippen molar-refractivity contribution in [3.63, 3.8) is 0 Å². The maximum Gasteiger partial charge on any atom is 0.221 e. The minimum atomic E-state index is 0.141. The van der Waals surface area contributed by atoms with E-state index in [1.165, 1.54) is 11.1 Å². The quantitative estimate of drug-likeness (QED) is 0.765. The van der Waals surface area contributed by atoms with Crippen molar-refractivity contribution in [3.8, 4) is 0 Å². The van der Waals surface area contributed by atoms with Gasteiger partial charge in [-0.1, -0.05) is 38.1 Å². The molecule has 1 aliphatic rings. The second kappa shape index (κ2) is 9.96. The van der Waals surface area contributed by atoms with Crippen molar-refractivity contribution in [3.05, 3.63) is 35.4 Å². The molecule has 0 aromatic heterocycles. The Morgan fingerprint density at radius 1 is 1.30 bits per heavy atom. The van der Waals surface area contributed by atoms with Crippen LogP contribution in [0.1, 0.15) is 31.4 Å². The van der Waals surface area contributed by atoms with Gasteiger partial charge in [-0.2, -0.15) is 11.8 Å². The van der Waals surface area contributed by atoms with Gasteiger partial charge in [-0.25, -0.2) is 0 Å². The van der Waals surface area contributed by atoms with E-state index in [0.29, 0.717) is 19.0 Å². The van der Waals surface area contributed by atoms with Gasteiger partial charge in [0.1, 0.15) is 0 Å². The molecule has 1 saturated heterocycles. The minimum Gasteiger partial charge on any atom is -0.352 e. The Kier molecular flexibility index (Phi) is 7.92. The molecule has 1 amide bonds. The van der Waals surface area contributed by atoms with E-state index in [1.54, 1.807) is 0 Å². The standard InChI is InChI=1S/C18H29N3OS/c1-3-21(4-2)13-16-8-6-5-7-15(16)12-20-18(22)11-17-14-23-10-9-19-17/h5-8,17,19H,3-4,9-14H2,1-2H3,(H,20,22). The van der Waals surface area contributed by atoms with Crippen LogP contribution in [0.25, 0.3) is 0 Å². The van der Waals surface area contributed by atoms with Crippen molar-refractivity contribution in [1.82, 2.24) is 15.5 Å².